The molecular formula is C11H24N4O. The molecule has 0 saturated carbocycles. The van der Waals surface area contributed by atoms with Gasteiger partial charge >= 0.3 is 0 Å². The van der Waals surface area contributed by atoms with E-state index in [1.165, 1.54) is 0 Å². The lowest BCUT2D eigenvalue weighted by Gasteiger charge is -2.22. The highest BCUT2D eigenvalue weighted by Gasteiger charge is 2.13. The van der Waals surface area contributed by atoms with Gasteiger partial charge in [0.2, 0.25) is 5.96 Å². The average molecular weight is 228 g/mol. The molecule has 1 aliphatic heterocycles. The molecule has 0 spiro atoms. The normalized spacial score (nSPS) is 18.9. The number of hydrazine groups is 1. The number of guanidine groups is 1. The summed E-state index contributed by atoms with van der Waals surface area (Å²) < 4.78 is 5.31. The molecule has 0 atom stereocenters. The Morgan fingerprint density at radius 2 is 2.12 bits per heavy atom. The standard InChI is InChI=1S/C11H24N4O/c1-9(2)7-13-11(15-12)14-8-10-3-5-16-6-4-10/h9-10H,3-8,12H2,1-2H3,(H2,13,14,15). The van der Waals surface area contributed by atoms with Gasteiger partial charge in [0.15, 0.2) is 0 Å². The Balaban J connectivity index is 2.24. The van der Waals surface area contributed by atoms with Crippen molar-refractivity contribution in [3.8, 4) is 0 Å². The maximum absolute atomic E-state index is 5.41. The van der Waals surface area contributed by atoms with Crippen LogP contribution in [0.2, 0.25) is 0 Å². The van der Waals surface area contributed by atoms with Crippen LogP contribution in [0.25, 0.3) is 0 Å². The van der Waals surface area contributed by atoms with Crippen molar-refractivity contribution in [1.29, 1.82) is 0 Å². The maximum Gasteiger partial charge on any atom is 0.205 e. The first-order valence-electron chi connectivity index (χ1n) is 6.05. The van der Waals surface area contributed by atoms with Crippen molar-refractivity contribution >= 4 is 5.96 Å². The van der Waals surface area contributed by atoms with Crippen LogP contribution < -0.4 is 16.6 Å². The lowest BCUT2D eigenvalue weighted by molar-refractivity contribution is 0.0675. The summed E-state index contributed by atoms with van der Waals surface area (Å²) in [6.07, 6.45) is 2.24. The van der Waals surface area contributed by atoms with Gasteiger partial charge < -0.3 is 10.1 Å². The van der Waals surface area contributed by atoms with Crippen molar-refractivity contribution in [3.05, 3.63) is 0 Å². The molecule has 0 unspecified atom stereocenters. The third kappa shape index (κ3) is 5.32. The van der Waals surface area contributed by atoms with Gasteiger partial charge in [0.1, 0.15) is 0 Å². The Hall–Kier alpha value is -0.810. The molecule has 5 nitrogen and oxygen atoms in total. The highest BCUT2D eigenvalue weighted by Crippen LogP contribution is 2.12. The summed E-state index contributed by atoms with van der Waals surface area (Å²) in [5.41, 5.74) is 2.60. The molecule has 1 fully saturated rings. The van der Waals surface area contributed by atoms with E-state index in [9.17, 15) is 0 Å². The Kier molecular flexibility index (Phi) is 6.18. The lowest BCUT2D eigenvalue weighted by Crippen LogP contribution is -2.44. The van der Waals surface area contributed by atoms with E-state index in [1.807, 2.05) is 0 Å². The van der Waals surface area contributed by atoms with E-state index in [4.69, 9.17) is 10.6 Å². The van der Waals surface area contributed by atoms with Crippen molar-refractivity contribution in [3.63, 3.8) is 0 Å². The van der Waals surface area contributed by atoms with E-state index in [0.717, 1.165) is 39.1 Å². The van der Waals surface area contributed by atoms with Gasteiger partial charge in [-0.1, -0.05) is 13.8 Å². The van der Waals surface area contributed by atoms with Crippen molar-refractivity contribution < 1.29 is 4.74 Å². The molecule has 0 aromatic rings. The number of hydrogen-bond acceptors (Lipinski definition) is 3. The molecule has 4 N–H and O–H groups in total. The fraction of sp³-hybridized carbons (Fsp3) is 0.909. The minimum atomic E-state index is 0.549. The third-order valence-corrected chi connectivity index (χ3v) is 2.65. The largest absolute Gasteiger partial charge is 0.381 e. The molecule has 94 valence electrons. The van der Waals surface area contributed by atoms with Crippen molar-refractivity contribution in [2.45, 2.75) is 26.7 Å². The number of ether oxygens (including phenoxy) is 1. The first-order valence-corrected chi connectivity index (χ1v) is 6.05. The van der Waals surface area contributed by atoms with E-state index >= 15 is 0 Å². The van der Waals surface area contributed by atoms with Crippen LogP contribution in [0.3, 0.4) is 0 Å². The quantitative estimate of drug-likeness (QED) is 0.283. The number of nitrogens with two attached hydrogens (primary N) is 1. The zero-order valence-electron chi connectivity index (χ0n) is 10.3. The highest BCUT2D eigenvalue weighted by molar-refractivity contribution is 5.79. The van der Waals surface area contributed by atoms with Crippen LogP contribution in [-0.4, -0.2) is 32.3 Å². The fourth-order valence-electron chi connectivity index (χ4n) is 1.62. The van der Waals surface area contributed by atoms with Gasteiger partial charge in [-0.05, 0) is 24.7 Å². The van der Waals surface area contributed by atoms with Gasteiger partial charge in [-0.3, -0.25) is 10.4 Å². The number of hydrogen-bond donors (Lipinski definition) is 3. The maximum atomic E-state index is 5.41. The second kappa shape index (κ2) is 7.46. The Labute approximate surface area is 97.8 Å². The van der Waals surface area contributed by atoms with Crippen molar-refractivity contribution in [2.75, 3.05) is 26.3 Å². The smallest absolute Gasteiger partial charge is 0.205 e. The summed E-state index contributed by atoms with van der Waals surface area (Å²) >= 11 is 0. The van der Waals surface area contributed by atoms with Crippen LogP contribution in [0.15, 0.2) is 4.99 Å². The summed E-state index contributed by atoms with van der Waals surface area (Å²) in [6, 6.07) is 0. The molecule has 0 radical (unpaired) electrons. The minimum Gasteiger partial charge on any atom is -0.381 e. The van der Waals surface area contributed by atoms with Gasteiger partial charge in [0.25, 0.3) is 0 Å². The van der Waals surface area contributed by atoms with E-state index in [1.54, 1.807) is 0 Å². The summed E-state index contributed by atoms with van der Waals surface area (Å²) in [6.45, 7) is 7.73. The molecule has 1 rings (SSSR count). The van der Waals surface area contributed by atoms with Crippen LogP contribution in [0, 0.1) is 11.8 Å². The highest BCUT2D eigenvalue weighted by atomic mass is 16.5. The zero-order chi connectivity index (χ0) is 11.8. The molecule has 1 heterocycles. The summed E-state index contributed by atoms with van der Waals surface area (Å²) in [5, 5.41) is 3.25. The molecule has 0 aromatic heterocycles. The molecule has 1 saturated heterocycles. The first-order chi connectivity index (χ1) is 7.72. The predicted molar refractivity (Wildman–Crippen MR) is 66.0 cm³/mol. The predicted octanol–water partition coefficient (Wildman–Crippen LogP) is 0.478. The summed E-state index contributed by atoms with van der Waals surface area (Å²) in [4.78, 5) is 4.36. The van der Waals surface area contributed by atoms with Crippen LogP contribution >= 0.6 is 0 Å². The number of nitrogens with one attached hydrogen (secondary N) is 2. The van der Waals surface area contributed by atoms with Gasteiger partial charge in [0, 0.05) is 26.3 Å². The van der Waals surface area contributed by atoms with Crippen LogP contribution in [0.5, 0.6) is 0 Å². The van der Waals surface area contributed by atoms with Gasteiger partial charge in [-0.15, -0.1) is 0 Å². The van der Waals surface area contributed by atoms with Crippen LogP contribution in [-0.2, 0) is 4.74 Å². The Morgan fingerprint density at radius 3 is 2.69 bits per heavy atom. The SMILES string of the molecule is CC(C)CN=C(NN)NCC1CCOCC1. The molecular weight excluding hydrogens is 204 g/mol. The molecule has 16 heavy (non-hydrogen) atoms. The monoisotopic (exact) mass is 228 g/mol. The van der Waals surface area contributed by atoms with Crippen molar-refractivity contribution in [2.24, 2.45) is 22.7 Å². The zero-order valence-corrected chi connectivity index (χ0v) is 10.3. The number of aliphatic imine (C=N–C) groups is 1. The van der Waals surface area contributed by atoms with Crippen LogP contribution in [0.1, 0.15) is 26.7 Å². The number of nitrogens with zero attached hydrogens (tertiary/aromatic N) is 1. The number of rotatable bonds is 4. The first kappa shape index (κ1) is 13.3. The van der Waals surface area contributed by atoms with E-state index < -0.39 is 0 Å². The van der Waals surface area contributed by atoms with E-state index in [2.05, 4.69) is 29.6 Å². The molecule has 0 amide bonds. The fourth-order valence-corrected chi connectivity index (χ4v) is 1.62. The third-order valence-electron chi connectivity index (χ3n) is 2.65. The Bertz CT molecular complexity index is 212. The Morgan fingerprint density at radius 1 is 1.44 bits per heavy atom. The molecule has 1 aliphatic rings. The summed E-state index contributed by atoms with van der Waals surface area (Å²) in [7, 11) is 0. The second-order valence-corrected chi connectivity index (χ2v) is 4.66. The van der Waals surface area contributed by atoms with Crippen molar-refractivity contribution in [1.82, 2.24) is 10.7 Å². The van der Waals surface area contributed by atoms with E-state index in [0.29, 0.717) is 17.8 Å². The van der Waals surface area contributed by atoms with Gasteiger partial charge in [-0.2, -0.15) is 0 Å². The van der Waals surface area contributed by atoms with E-state index in [-0.39, 0.29) is 0 Å². The van der Waals surface area contributed by atoms with Gasteiger partial charge in [0.05, 0.1) is 0 Å². The second-order valence-electron chi connectivity index (χ2n) is 4.66. The average Bonchev–Trinajstić information content (AvgIpc) is 2.30. The molecule has 0 aromatic carbocycles. The lowest BCUT2D eigenvalue weighted by atomic mass is 10.0. The molecule has 0 aliphatic carbocycles. The topological polar surface area (TPSA) is 71.7 Å². The molecule has 0 bridgehead atoms. The molecule has 5 heteroatoms. The van der Waals surface area contributed by atoms with Gasteiger partial charge in [-0.25, -0.2) is 5.84 Å². The summed E-state index contributed by atoms with van der Waals surface area (Å²) in [5.74, 6) is 7.32. The minimum absolute atomic E-state index is 0.549. The van der Waals surface area contributed by atoms with Crippen LogP contribution in [0.4, 0.5) is 0 Å².